The molecule has 0 aromatic heterocycles. The van der Waals surface area contributed by atoms with Gasteiger partial charge in [0, 0.05) is 5.54 Å². The molecule has 1 aromatic carbocycles. The van der Waals surface area contributed by atoms with Gasteiger partial charge in [0.15, 0.2) is 0 Å². The van der Waals surface area contributed by atoms with Gasteiger partial charge in [-0.3, -0.25) is 0 Å². The summed E-state index contributed by atoms with van der Waals surface area (Å²) in [7, 11) is -2.63. The van der Waals surface area contributed by atoms with Gasteiger partial charge in [0.25, 0.3) is 0 Å². The number of aromatic hydroxyl groups is 1. The average molecular weight is 301 g/mol. The standard InChI is InChI=1S/C13H19NO5S/c1-5-13(2,3)14-20(17,18)9-6-7-11(15)10(8-9)12(16)19-4/h6-8,14-15H,5H2,1-4H3. The maximum atomic E-state index is 12.2. The topological polar surface area (TPSA) is 92.7 Å². The summed E-state index contributed by atoms with van der Waals surface area (Å²) in [6.45, 7) is 5.37. The number of ether oxygens (including phenoxy) is 1. The first-order valence-corrected chi connectivity index (χ1v) is 7.56. The Morgan fingerprint density at radius 2 is 2.00 bits per heavy atom. The lowest BCUT2D eigenvalue weighted by molar-refractivity contribution is 0.0597. The number of carbonyl (C=O) groups is 1. The minimum atomic E-state index is -3.78. The number of hydrogen-bond acceptors (Lipinski definition) is 5. The van der Waals surface area contributed by atoms with Crippen molar-refractivity contribution in [3.05, 3.63) is 23.8 Å². The van der Waals surface area contributed by atoms with Crippen LogP contribution in [0.25, 0.3) is 0 Å². The first-order chi connectivity index (χ1) is 9.13. The van der Waals surface area contributed by atoms with Crippen LogP contribution in [0.2, 0.25) is 0 Å². The molecule has 1 aromatic rings. The molecule has 0 aliphatic heterocycles. The second-order valence-corrected chi connectivity index (χ2v) is 6.70. The molecule has 20 heavy (non-hydrogen) atoms. The van der Waals surface area contributed by atoms with Crippen LogP contribution < -0.4 is 4.72 Å². The Bertz CT molecular complexity index is 607. The van der Waals surface area contributed by atoms with Crippen molar-refractivity contribution in [3.8, 4) is 5.75 Å². The van der Waals surface area contributed by atoms with Gasteiger partial charge in [0.1, 0.15) is 11.3 Å². The third-order valence-corrected chi connectivity index (χ3v) is 4.67. The molecule has 0 spiro atoms. The average Bonchev–Trinajstić information content (AvgIpc) is 2.37. The van der Waals surface area contributed by atoms with E-state index < -0.39 is 21.5 Å². The lowest BCUT2D eigenvalue weighted by Crippen LogP contribution is -2.42. The van der Waals surface area contributed by atoms with Crippen molar-refractivity contribution < 1.29 is 23.1 Å². The van der Waals surface area contributed by atoms with Gasteiger partial charge in [-0.2, -0.15) is 0 Å². The number of phenols is 1. The largest absolute Gasteiger partial charge is 0.507 e. The molecular weight excluding hydrogens is 282 g/mol. The Hall–Kier alpha value is -1.60. The van der Waals surface area contributed by atoms with Crippen molar-refractivity contribution in [2.45, 2.75) is 37.6 Å². The summed E-state index contributed by atoms with van der Waals surface area (Å²) < 4.78 is 31.5. The van der Waals surface area contributed by atoms with E-state index in [-0.39, 0.29) is 16.2 Å². The molecule has 0 bridgehead atoms. The van der Waals surface area contributed by atoms with E-state index in [4.69, 9.17) is 0 Å². The molecule has 2 N–H and O–H groups in total. The van der Waals surface area contributed by atoms with Gasteiger partial charge >= 0.3 is 5.97 Å². The highest BCUT2D eigenvalue weighted by molar-refractivity contribution is 7.89. The van der Waals surface area contributed by atoms with Gasteiger partial charge in [-0.25, -0.2) is 17.9 Å². The van der Waals surface area contributed by atoms with E-state index in [1.165, 1.54) is 6.07 Å². The molecule has 0 amide bonds. The summed E-state index contributed by atoms with van der Waals surface area (Å²) in [5.74, 6) is -1.13. The first kappa shape index (κ1) is 16.5. The molecule has 0 atom stereocenters. The molecule has 0 saturated carbocycles. The third-order valence-electron chi connectivity index (χ3n) is 2.98. The van der Waals surface area contributed by atoms with E-state index in [9.17, 15) is 18.3 Å². The summed E-state index contributed by atoms with van der Waals surface area (Å²) in [4.78, 5) is 11.4. The number of methoxy groups -OCH3 is 1. The molecule has 0 saturated heterocycles. The van der Waals surface area contributed by atoms with Gasteiger partial charge in [-0.15, -0.1) is 0 Å². The number of hydrogen-bond donors (Lipinski definition) is 2. The fourth-order valence-electron chi connectivity index (χ4n) is 1.45. The second kappa shape index (κ2) is 5.80. The van der Waals surface area contributed by atoms with Gasteiger partial charge in [-0.1, -0.05) is 6.92 Å². The minimum absolute atomic E-state index is 0.0998. The predicted octanol–water partition coefficient (Wildman–Crippen LogP) is 1.65. The summed E-state index contributed by atoms with van der Waals surface area (Å²) >= 11 is 0. The smallest absolute Gasteiger partial charge is 0.341 e. The number of sulfonamides is 1. The number of esters is 1. The van der Waals surface area contributed by atoms with E-state index >= 15 is 0 Å². The summed E-state index contributed by atoms with van der Waals surface area (Å²) in [5.41, 5.74) is -0.799. The maximum Gasteiger partial charge on any atom is 0.341 e. The molecule has 0 heterocycles. The molecule has 0 unspecified atom stereocenters. The third kappa shape index (κ3) is 3.71. The van der Waals surface area contributed by atoms with E-state index in [2.05, 4.69) is 9.46 Å². The highest BCUT2D eigenvalue weighted by Gasteiger charge is 2.26. The predicted molar refractivity (Wildman–Crippen MR) is 74.1 cm³/mol. The molecule has 0 radical (unpaired) electrons. The Balaban J connectivity index is 3.24. The van der Waals surface area contributed by atoms with E-state index in [1.54, 1.807) is 13.8 Å². The van der Waals surface area contributed by atoms with Crippen LogP contribution in [0, 0.1) is 0 Å². The van der Waals surface area contributed by atoms with Gasteiger partial charge in [0.2, 0.25) is 10.0 Å². The maximum absolute atomic E-state index is 12.2. The van der Waals surface area contributed by atoms with Crippen molar-refractivity contribution in [1.29, 1.82) is 0 Å². The minimum Gasteiger partial charge on any atom is -0.507 e. The number of rotatable bonds is 5. The molecule has 0 aliphatic carbocycles. The van der Waals surface area contributed by atoms with Crippen LogP contribution in [0.15, 0.2) is 23.1 Å². The quantitative estimate of drug-likeness (QED) is 0.807. The molecule has 0 aliphatic rings. The zero-order chi connectivity index (χ0) is 15.6. The van der Waals surface area contributed by atoms with Crippen LogP contribution in [-0.4, -0.2) is 32.1 Å². The fourth-order valence-corrected chi connectivity index (χ4v) is 2.96. The number of nitrogens with one attached hydrogen (secondary N) is 1. The Labute approximate surface area is 118 Å². The van der Waals surface area contributed by atoms with Crippen molar-refractivity contribution in [2.75, 3.05) is 7.11 Å². The Morgan fingerprint density at radius 1 is 1.40 bits per heavy atom. The summed E-state index contributed by atoms with van der Waals surface area (Å²) in [6, 6.07) is 3.48. The zero-order valence-electron chi connectivity index (χ0n) is 11.9. The Kier molecular flexibility index (Phi) is 4.77. The van der Waals surface area contributed by atoms with Gasteiger partial charge in [-0.05, 0) is 38.5 Å². The van der Waals surface area contributed by atoms with E-state index in [1.807, 2.05) is 6.92 Å². The SMILES string of the molecule is CCC(C)(C)NS(=O)(=O)c1ccc(O)c(C(=O)OC)c1. The van der Waals surface area contributed by atoms with Crippen molar-refractivity contribution in [3.63, 3.8) is 0 Å². The lowest BCUT2D eigenvalue weighted by atomic mass is 10.0. The zero-order valence-corrected chi connectivity index (χ0v) is 12.7. The molecule has 7 heteroatoms. The monoisotopic (exact) mass is 301 g/mol. The molecular formula is C13H19NO5S. The first-order valence-electron chi connectivity index (χ1n) is 6.08. The van der Waals surface area contributed by atoms with Crippen LogP contribution in [0.5, 0.6) is 5.75 Å². The highest BCUT2D eigenvalue weighted by Crippen LogP contribution is 2.23. The van der Waals surface area contributed by atoms with Crippen molar-refractivity contribution in [1.82, 2.24) is 4.72 Å². The lowest BCUT2D eigenvalue weighted by Gasteiger charge is -2.24. The number of carbonyl (C=O) groups excluding carboxylic acids is 1. The molecule has 0 fully saturated rings. The van der Waals surface area contributed by atoms with Gasteiger partial charge in [0.05, 0.1) is 12.0 Å². The van der Waals surface area contributed by atoms with Crippen LogP contribution >= 0.6 is 0 Å². The number of benzene rings is 1. The van der Waals surface area contributed by atoms with Crippen LogP contribution in [-0.2, 0) is 14.8 Å². The Morgan fingerprint density at radius 3 is 2.50 bits per heavy atom. The highest BCUT2D eigenvalue weighted by atomic mass is 32.2. The van der Waals surface area contributed by atoms with Crippen LogP contribution in [0.1, 0.15) is 37.6 Å². The van der Waals surface area contributed by atoms with Gasteiger partial charge < -0.3 is 9.84 Å². The summed E-state index contributed by atoms with van der Waals surface area (Å²) in [5, 5.41) is 9.56. The second-order valence-electron chi connectivity index (χ2n) is 5.01. The van der Waals surface area contributed by atoms with Crippen molar-refractivity contribution >= 4 is 16.0 Å². The van der Waals surface area contributed by atoms with Crippen LogP contribution in [0.3, 0.4) is 0 Å². The molecule has 112 valence electrons. The molecule has 6 nitrogen and oxygen atoms in total. The van der Waals surface area contributed by atoms with Crippen LogP contribution in [0.4, 0.5) is 0 Å². The summed E-state index contributed by atoms with van der Waals surface area (Å²) in [6.07, 6.45) is 0.605. The molecule has 1 rings (SSSR count). The van der Waals surface area contributed by atoms with E-state index in [0.717, 1.165) is 19.2 Å². The van der Waals surface area contributed by atoms with Crippen molar-refractivity contribution in [2.24, 2.45) is 0 Å². The fraction of sp³-hybridized carbons (Fsp3) is 0.462. The normalized spacial score (nSPS) is 12.2. The number of phenolic OH excluding ortho intramolecular Hbond substituents is 1. The van der Waals surface area contributed by atoms with E-state index in [0.29, 0.717) is 6.42 Å².